The summed E-state index contributed by atoms with van der Waals surface area (Å²) < 4.78 is 0. The number of aliphatic hydroxyl groups is 1. The number of halogens is 1. The van der Waals surface area contributed by atoms with Crippen LogP contribution in [-0.4, -0.2) is 44.9 Å². The van der Waals surface area contributed by atoms with Crippen molar-refractivity contribution in [2.75, 3.05) is 0 Å². The molecule has 23 heavy (non-hydrogen) atoms. The van der Waals surface area contributed by atoms with Crippen molar-refractivity contribution in [2.45, 2.75) is 25.0 Å². The van der Waals surface area contributed by atoms with E-state index in [1.54, 1.807) is 0 Å². The van der Waals surface area contributed by atoms with Gasteiger partial charge >= 0.3 is 12.2 Å². The van der Waals surface area contributed by atoms with Crippen LogP contribution < -0.4 is 5.32 Å². The minimum atomic E-state index is -1.57. The number of nitrogens with zero attached hydrogens (tertiary/aromatic N) is 2. The molecule has 0 fully saturated rings. The van der Waals surface area contributed by atoms with Gasteiger partial charge in [-0.05, 0) is 24.1 Å². The first kappa shape index (κ1) is 18.5. The number of hydrogen-bond acceptors (Lipinski definition) is 4. The number of aliphatic carboxylic acids is 1. The lowest BCUT2D eigenvalue weighted by Crippen LogP contribution is -2.43. The van der Waals surface area contributed by atoms with E-state index < -0.39 is 29.8 Å². The molecule has 0 aromatic heterocycles. The highest BCUT2D eigenvalue weighted by atomic mass is 35.5. The maximum Gasteiger partial charge on any atom is 0.326 e. The number of carboxylic acids is 1. The van der Waals surface area contributed by atoms with Crippen molar-refractivity contribution in [2.24, 2.45) is 0 Å². The zero-order chi connectivity index (χ0) is 17.4. The van der Waals surface area contributed by atoms with Crippen LogP contribution in [0.2, 0.25) is 5.02 Å². The van der Waals surface area contributed by atoms with Gasteiger partial charge in [0.15, 0.2) is 6.10 Å². The minimum Gasteiger partial charge on any atom is -0.480 e. The molecule has 122 valence electrons. The Bertz CT molecular complexity index is 640. The van der Waals surface area contributed by atoms with Gasteiger partial charge in [-0.15, -0.1) is 0 Å². The molecule has 3 N–H and O–H groups in total. The van der Waals surface area contributed by atoms with Crippen molar-refractivity contribution in [1.82, 2.24) is 5.32 Å². The number of carboxylic acid groups (broad SMARTS) is 1. The number of benzene rings is 1. The van der Waals surface area contributed by atoms with E-state index in [9.17, 15) is 19.5 Å². The summed E-state index contributed by atoms with van der Waals surface area (Å²) in [6.07, 6.45) is -1.37. The number of aliphatic hydroxyl groups excluding tert-OH is 1. The molecule has 0 bridgehead atoms. The highest BCUT2D eigenvalue weighted by molar-refractivity contribution is 6.30. The van der Waals surface area contributed by atoms with Gasteiger partial charge in [-0.25, -0.2) is 4.79 Å². The number of rotatable bonds is 8. The average Bonchev–Trinajstić information content (AvgIpc) is 2.51. The Kier molecular flexibility index (Phi) is 7.08. The lowest BCUT2D eigenvalue weighted by atomic mass is 10.1. The summed E-state index contributed by atoms with van der Waals surface area (Å²) in [4.78, 5) is 36.7. The van der Waals surface area contributed by atoms with Crippen molar-refractivity contribution in [3.05, 3.63) is 40.4 Å². The molecule has 0 aliphatic heterocycles. The van der Waals surface area contributed by atoms with Crippen LogP contribution in [0.3, 0.4) is 0 Å². The zero-order valence-electron chi connectivity index (χ0n) is 11.8. The summed E-state index contributed by atoms with van der Waals surface area (Å²) in [5.74, 6) is -2.86. The number of Topliss-reactive ketones (excluding diaryl/α,β-unsaturated/α-hetero) is 1. The van der Waals surface area contributed by atoms with Crippen LogP contribution in [0.1, 0.15) is 24.5 Å². The monoisotopic (exact) mass is 339 g/mol. The van der Waals surface area contributed by atoms with Crippen LogP contribution in [0, 0.1) is 0 Å². The molecule has 1 amide bonds. The highest BCUT2D eigenvalue weighted by Gasteiger charge is 2.25. The van der Waals surface area contributed by atoms with E-state index in [-0.39, 0.29) is 18.4 Å². The van der Waals surface area contributed by atoms with Crippen molar-refractivity contribution in [1.29, 1.82) is 0 Å². The van der Waals surface area contributed by atoms with E-state index in [1.807, 2.05) is 0 Å². The normalized spacial score (nSPS) is 12.6. The van der Waals surface area contributed by atoms with E-state index in [1.165, 1.54) is 24.3 Å². The average molecular weight is 340 g/mol. The fourth-order valence-electron chi connectivity index (χ4n) is 1.72. The van der Waals surface area contributed by atoms with Gasteiger partial charge in [-0.3, -0.25) is 9.59 Å². The van der Waals surface area contributed by atoms with Crippen molar-refractivity contribution in [3.63, 3.8) is 0 Å². The molecule has 1 rings (SSSR count). The molecule has 0 aliphatic carbocycles. The Morgan fingerprint density at radius 3 is 2.43 bits per heavy atom. The molecule has 2 atom stereocenters. The van der Waals surface area contributed by atoms with Gasteiger partial charge < -0.3 is 21.1 Å². The fourth-order valence-corrected chi connectivity index (χ4v) is 1.85. The maximum absolute atomic E-state index is 11.9. The van der Waals surface area contributed by atoms with Crippen LogP contribution >= 0.6 is 11.6 Å². The third kappa shape index (κ3) is 5.99. The third-order valence-electron chi connectivity index (χ3n) is 2.93. The summed E-state index contributed by atoms with van der Waals surface area (Å²) in [7, 11) is 0. The van der Waals surface area contributed by atoms with Crippen molar-refractivity contribution >= 4 is 35.5 Å². The Labute approximate surface area is 136 Å². The third-order valence-corrected chi connectivity index (χ3v) is 3.18. The standard InChI is InChI=1S/C14H14ClN3O5/c15-9-3-1-8(2-4-9)12(20)13(21)18-11(14(22)23)6-5-10(19)7-17-16/h1-4,7,11-12,20H,5-6H2,(H,18,21)(H,22,23). The van der Waals surface area contributed by atoms with E-state index in [0.29, 0.717) is 11.2 Å². The van der Waals surface area contributed by atoms with Crippen molar-refractivity contribution < 1.29 is 29.4 Å². The van der Waals surface area contributed by atoms with Gasteiger partial charge in [0.1, 0.15) is 6.04 Å². The summed E-state index contributed by atoms with van der Waals surface area (Å²) >= 11 is 5.70. The Morgan fingerprint density at radius 2 is 1.91 bits per heavy atom. The van der Waals surface area contributed by atoms with E-state index in [0.717, 1.165) is 0 Å². The van der Waals surface area contributed by atoms with E-state index in [4.69, 9.17) is 22.2 Å². The van der Waals surface area contributed by atoms with E-state index in [2.05, 4.69) is 10.1 Å². The number of ketones is 1. The smallest absolute Gasteiger partial charge is 0.326 e. The van der Waals surface area contributed by atoms with E-state index >= 15 is 0 Å². The van der Waals surface area contributed by atoms with Gasteiger partial charge in [-0.2, -0.15) is 4.79 Å². The topological polar surface area (TPSA) is 140 Å². The van der Waals surface area contributed by atoms with Gasteiger partial charge in [0, 0.05) is 11.4 Å². The second kappa shape index (κ2) is 8.79. The second-order valence-corrected chi connectivity index (χ2v) is 5.04. The molecule has 0 heterocycles. The molecule has 1 aromatic carbocycles. The summed E-state index contributed by atoms with van der Waals surface area (Å²) in [5.41, 5.74) is 8.44. The molecule has 0 radical (unpaired) electrons. The molecular weight excluding hydrogens is 326 g/mol. The summed E-state index contributed by atoms with van der Waals surface area (Å²) in [6.45, 7) is 0. The van der Waals surface area contributed by atoms with Gasteiger partial charge in [0.05, 0.1) is 0 Å². The maximum atomic E-state index is 11.9. The lowest BCUT2D eigenvalue weighted by molar-refractivity contribution is -0.143. The lowest BCUT2D eigenvalue weighted by Gasteiger charge is -2.17. The highest BCUT2D eigenvalue weighted by Crippen LogP contribution is 2.17. The first-order valence-electron chi connectivity index (χ1n) is 6.52. The van der Waals surface area contributed by atoms with Crippen molar-refractivity contribution in [3.8, 4) is 0 Å². The zero-order valence-corrected chi connectivity index (χ0v) is 12.6. The molecule has 0 saturated heterocycles. The van der Waals surface area contributed by atoms with Crippen LogP contribution in [0.15, 0.2) is 24.3 Å². The SMILES string of the molecule is [N-]=[N+]=CC(=O)CCC(NC(=O)C(O)c1ccc(Cl)cc1)C(=O)O. The summed E-state index contributed by atoms with van der Waals surface area (Å²) in [6, 6.07) is 4.47. The van der Waals surface area contributed by atoms with Crippen LogP contribution in [0.4, 0.5) is 0 Å². The van der Waals surface area contributed by atoms with Crippen LogP contribution in [-0.2, 0) is 14.4 Å². The Hall–Kier alpha value is -2.54. The number of nitrogens with one attached hydrogen (secondary N) is 1. The molecule has 2 unspecified atom stereocenters. The molecule has 0 aliphatic rings. The number of hydrogen-bond donors (Lipinski definition) is 3. The van der Waals surface area contributed by atoms with Gasteiger partial charge in [0.25, 0.3) is 5.91 Å². The van der Waals surface area contributed by atoms with Crippen LogP contribution in [0.25, 0.3) is 5.53 Å². The largest absolute Gasteiger partial charge is 0.480 e. The minimum absolute atomic E-state index is 0.209. The number of carbonyl (C=O) groups is 3. The molecule has 0 spiro atoms. The first-order valence-corrected chi connectivity index (χ1v) is 6.90. The predicted molar refractivity (Wildman–Crippen MR) is 79.9 cm³/mol. The second-order valence-electron chi connectivity index (χ2n) is 4.60. The van der Waals surface area contributed by atoms with Gasteiger partial charge in [-0.1, -0.05) is 23.7 Å². The predicted octanol–water partition coefficient (Wildman–Crippen LogP) is 0.593. The molecule has 8 nitrogen and oxygen atoms in total. The molecule has 0 saturated carbocycles. The fraction of sp³-hybridized carbons (Fsp3) is 0.286. The number of carbonyl (C=O) groups excluding carboxylic acids is 2. The number of amides is 1. The van der Waals surface area contributed by atoms with Gasteiger partial charge in [0.2, 0.25) is 5.78 Å². The Morgan fingerprint density at radius 1 is 1.30 bits per heavy atom. The first-order chi connectivity index (χ1) is 10.8. The van der Waals surface area contributed by atoms with Crippen LogP contribution in [0.5, 0.6) is 0 Å². The molecule has 1 aromatic rings. The Balaban J connectivity index is 2.69. The molecular formula is C14H14ClN3O5. The quantitative estimate of drug-likeness (QED) is 0.361. The molecule has 9 heteroatoms. The summed E-state index contributed by atoms with van der Waals surface area (Å²) in [5, 5.41) is 21.5.